The molecule has 0 aliphatic rings. The zero-order valence-corrected chi connectivity index (χ0v) is 13.3. The van der Waals surface area contributed by atoms with Gasteiger partial charge in [0.15, 0.2) is 0 Å². The van der Waals surface area contributed by atoms with E-state index >= 15 is 0 Å². The van der Waals surface area contributed by atoms with Gasteiger partial charge in [0.1, 0.15) is 5.75 Å². The van der Waals surface area contributed by atoms with Gasteiger partial charge < -0.3 is 9.47 Å². The first-order chi connectivity index (χ1) is 11.1. The van der Waals surface area contributed by atoms with Crippen LogP contribution in [0.25, 0.3) is 0 Å². The summed E-state index contributed by atoms with van der Waals surface area (Å²) in [6.07, 6.45) is 0.411. The van der Waals surface area contributed by atoms with Gasteiger partial charge >= 0.3 is 5.97 Å². The van der Waals surface area contributed by atoms with Gasteiger partial charge in [-0.05, 0) is 29.7 Å². The van der Waals surface area contributed by atoms with Crippen molar-refractivity contribution in [1.29, 1.82) is 5.26 Å². The second kappa shape index (κ2) is 7.46. The average molecular weight is 309 g/mol. The van der Waals surface area contributed by atoms with E-state index in [4.69, 9.17) is 9.47 Å². The van der Waals surface area contributed by atoms with Crippen LogP contribution in [0.1, 0.15) is 17.5 Å². The molecule has 23 heavy (non-hydrogen) atoms. The predicted molar refractivity (Wildman–Crippen MR) is 87.1 cm³/mol. The number of carbonyl (C=O) groups excluding carboxylic acids is 1. The van der Waals surface area contributed by atoms with Crippen molar-refractivity contribution in [2.75, 3.05) is 14.2 Å². The third-order valence-corrected chi connectivity index (χ3v) is 3.86. The summed E-state index contributed by atoms with van der Waals surface area (Å²) >= 11 is 0. The summed E-state index contributed by atoms with van der Waals surface area (Å²) in [6.45, 7) is 0. The van der Waals surface area contributed by atoms with Crippen LogP contribution in [0.4, 0.5) is 0 Å². The van der Waals surface area contributed by atoms with Crippen molar-refractivity contribution in [2.45, 2.75) is 18.3 Å². The molecule has 0 aromatic heterocycles. The molecule has 2 rings (SSSR count). The fourth-order valence-electron chi connectivity index (χ4n) is 2.59. The minimum atomic E-state index is -0.997. The lowest BCUT2D eigenvalue weighted by Crippen LogP contribution is -2.31. The van der Waals surface area contributed by atoms with Crippen LogP contribution >= 0.6 is 0 Å². The average Bonchev–Trinajstić information content (AvgIpc) is 2.61. The first-order valence-electron chi connectivity index (χ1n) is 7.30. The van der Waals surface area contributed by atoms with E-state index in [9.17, 15) is 10.1 Å². The largest absolute Gasteiger partial charge is 0.497 e. The summed E-state index contributed by atoms with van der Waals surface area (Å²) in [5.41, 5.74) is 0.734. The number of nitriles is 1. The van der Waals surface area contributed by atoms with Crippen molar-refractivity contribution in [3.05, 3.63) is 65.7 Å². The van der Waals surface area contributed by atoms with Gasteiger partial charge in [0.2, 0.25) is 0 Å². The SMILES string of the molecule is COC(=O)C[C@@](C#N)(Cc1ccccc1)c1cccc(OC)c1. The molecular weight excluding hydrogens is 290 g/mol. The van der Waals surface area contributed by atoms with Crippen LogP contribution in [0.15, 0.2) is 54.6 Å². The maximum atomic E-state index is 11.9. The minimum Gasteiger partial charge on any atom is -0.497 e. The zero-order valence-electron chi connectivity index (χ0n) is 13.3. The van der Waals surface area contributed by atoms with Crippen molar-refractivity contribution < 1.29 is 14.3 Å². The summed E-state index contributed by atoms with van der Waals surface area (Å²) in [4.78, 5) is 11.9. The lowest BCUT2D eigenvalue weighted by atomic mass is 9.74. The molecule has 2 aromatic carbocycles. The molecule has 1 atom stereocenters. The van der Waals surface area contributed by atoms with Crippen LogP contribution in [0.5, 0.6) is 5.75 Å². The molecule has 0 bridgehead atoms. The number of nitrogens with zero attached hydrogens (tertiary/aromatic N) is 1. The Hall–Kier alpha value is -2.80. The van der Waals surface area contributed by atoms with E-state index in [-0.39, 0.29) is 6.42 Å². The van der Waals surface area contributed by atoms with E-state index in [0.717, 1.165) is 11.1 Å². The van der Waals surface area contributed by atoms with Crippen LogP contribution in [-0.2, 0) is 21.4 Å². The molecule has 0 heterocycles. The molecule has 0 aliphatic heterocycles. The third-order valence-electron chi connectivity index (χ3n) is 3.86. The molecule has 0 saturated carbocycles. The van der Waals surface area contributed by atoms with Gasteiger partial charge in [0.05, 0.1) is 32.1 Å². The van der Waals surface area contributed by atoms with Crippen LogP contribution < -0.4 is 4.74 Å². The molecule has 118 valence electrons. The van der Waals surface area contributed by atoms with Crippen LogP contribution in [0.3, 0.4) is 0 Å². The van der Waals surface area contributed by atoms with E-state index < -0.39 is 11.4 Å². The Balaban J connectivity index is 2.48. The molecule has 0 N–H and O–H groups in total. The summed E-state index contributed by atoms with van der Waals surface area (Å²) in [7, 11) is 2.91. The summed E-state index contributed by atoms with van der Waals surface area (Å²) in [5.74, 6) is 0.241. The van der Waals surface area contributed by atoms with E-state index in [0.29, 0.717) is 12.2 Å². The summed E-state index contributed by atoms with van der Waals surface area (Å²) in [5, 5.41) is 9.90. The fraction of sp³-hybridized carbons (Fsp3) is 0.263. The van der Waals surface area contributed by atoms with Gasteiger partial charge in [-0.15, -0.1) is 0 Å². The van der Waals surface area contributed by atoms with Crippen LogP contribution in [-0.4, -0.2) is 20.2 Å². The van der Waals surface area contributed by atoms with Crippen molar-refractivity contribution in [3.8, 4) is 11.8 Å². The second-order valence-corrected chi connectivity index (χ2v) is 5.34. The van der Waals surface area contributed by atoms with Gasteiger partial charge in [-0.1, -0.05) is 42.5 Å². The Bertz CT molecular complexity index is 706. The molecule has 0 saturated heterocycles. The highest BCUT2D eigenvalue weighted by Gasteiger charge is 2.36. The third kappa shape index (κ3) is 3.89. The normalized spacial score (nSPS) is 12.7. The monoisotopic (exact) mass is 309 g/mol. The van der Waals surface area contributed by atoms with E-state index in [2.05, 4.69) is 6.07 Å². The van der Waals surface area contributed by atoms with Gasteiger partial charge in [0.25, 0.3) is 0 Å². The lowest BCUT2D eigenvalue weighted by molar-refractivity contribution is -0.141. The lowest BCUT2D eigenvalue weighted by Gasteiger charge is -2.26. The second-order valence-electron chi connectivity index (χ2n) is 5.34. The highest BCUT2D eigenvalue weighted by molar-refractivity contribution is 5.72. The maximum absolute atomic E-state index is 11.9. The Morgan fingerprint density at radius 3 is 2.48 bits per heavy atom. The van der Waals surface area contributed by atoms with Gasteiger partial charge in [-0.2, -0.15) is 5.26 Å². The molecular formula is C19H19NO3. The molecule has 2 aromatic rings. The van der Waals surface area contributed by atoms with E-state index in [1.165, 1.54) is 7.11 Å². The Morgan fingerprint density at radius 2 is 1.87 bits per heavy atom. The van der Waals surface area contributed by atoms with E-state index in [1.807, 2.05) is 48.5 Å². The van der Waals surface area contributed by atoms with Crippen molar-refractivity contribution >= 4 is 5.97 Å². The number of methoxy groups -OCH3 is 2. The highest BCUT2D eigenvalue weighted by atomic mass is 16.5. The van der Waals surface area contributed by atoms with Crippen molar-refractivity contribution in [2.24, 2.45) is 0 Å². The number of hydrogen-bond donors (Lipinski definition) is 0. The van der Waals surface area contributed by atoms with Gasteiger partial charge in [-0.25, -0.2) is 0 Å². The molecule has 4 nitrogen and oxygen atoms in total. The molecule has 0 amide bonds. The Kier molecular flexibility index (Phi) is 5.37. The molecule has 4 heteroatoms. The Morgan fingerprint density at radius 1 is 1.13 bits per heavy atom. The fourth-order valence-corrected chi connectivity index (χ4v) is 2.59. The maximum Gasteiger partial charge on any atom is 0.307 e. The van der Waals surface area contributed by atoms with Crippen molar-refractivity contribution in [3.63, 3.8) is 0 Å². The van der Waals surface area contributed by atoms with Gasteiger partial charge in [-0.3, -0.25) is 4.79 Å². The zero-order chi connectivity index (χ0) is 16.7. The number of hydrogen-bond acceptors (Lipinski definition) is 4. The molecule has 0 unspecified atom stereocenters. The topological polar surface area (TPSA) is 59.3 Å². The quantitative estimate of drug-likeness (QED) is 0.768. The van der Waals surface area contributed by atoms with Gasteiger partial charge in [0, 0.05) is 0 Å². The van der Waals surface area contributed by atoms with E-state index in [1.54, 1.807) is 13.2 Å². The first kappa shape index (κ1) is 16.6. The molecule has 0 aliphatic carbocycles. The number of rotatable bonds is 6. The first-order valence-corrected chi connectivity index (χ1v) is 7.30. The molecule has 0 spiro atoms. The molecule has 0 fully saturated rings. The summed E-state index contributed by atoms with van der Waals surface area (Å²) in [6, 6.07) is 19.3. The summed E-state index contributed by atoms with van der Waals surface area (Å²) < 4.78 is 10.1. The Labute approximate surface area is 136 Å². The van der Waals surface area contributed by atoms with Crippen LogP contribution in [0, 0.1) is 11.3 Å². The minimum absolute atomic E-state index is 0.0118. The predicted octanol–water partition coefficient (Wildman–Crippen LogP) is 3.26. The number of esters is 1. The smallest absolute Gasteiger partial charge is 0.307 e. The number of ether oxygens (including phenoxy) is 2. The molecule has 0 radical (unpaired) electrons. The highest BCUT2D eigenvalue weighted by Crippen LogP contribution is 2.34. The number of benzene rings is 2. The standard InChI is InChI=1S/C19H19NO3/c1-22-17-10-6-9-16(11-17)19(14-20,13-18(21)23-2)12-15-7-4-3-5-8-15/h3-11H,12-13H2,1-2H3/t19-/m1/s1. The number of carbonyl (C=O) groups is 1. The van der Waals surface area contributed by atoms with Crippen molar-refractivity contribution in [1.82, 2.24) is 0 Å². The van der Waals surface area contributed by atoms with Crippen LogP contribution in [0.2, 0.25) is 0 Å².